The number of hydrogen-bond acceptors (Lipinski definition) is 3. The zero-order chi connectivity index (χ0) is 17.9. The van der Waals surface area contributed by atoms with Crippen molar-refractivity contribution in [2.45, 2.75) is 12.8 Å². The van der Waals surface area contributed by atoms with Crippen LogP contribution in [0.2, 0.25) is 0 Å². The second kappa shape index (κ2) is 6.88. The molecule has 26 heavy (non-hydrogen) atoms. The van der Waals surface area contributed by atoms with Crippen LogP contribution in [0.1, 0.15) is 22.3 Å². The van der Waals surface area contributed by atoms with Gasteiger partial charge in [0.2, 0.25) is 5.78 Å². The van der Waals surface area contributed by atoms with Gasteiger partial charge in [0, 0.05) is 46.2 Å². The maximum Gasteiger partial charge on any atom is 0.306 e. The number of aryl methyl sites for hydroxylation is 1. The minimum absolute atomic E-state index is 0.206. The van der Waals surface area contributed by atoms with E-state index in [1.165, 1.54) is 0 Å². The van der Waals surface area contributed by atoms with Gasteiger partial charge in [-0.25, -0.2) is 0 Å². The quantitative estimate of drug-likeness (QED) is 0.409. The number of ether oxygens (including phenoxy) is 1. The van der Waals surface area contributed by atoms with Crippen LogP contribution in [-0.4, -0.2) is 28.3 Å². The number of hydrogen-bond donors (Lipinski definition) is 2. The molecule has 2 aromatic heterocycles. The summed E-state index contributed by atoms with van der Waals surface area (Å²) in [6.45, 7) is -0.242. The summed E-state index contributed by atoms with van der Waals surface area (Å²) >= 11 is 0. The minimum atomic E-state index is -0.372. The Morgan fingerprint density at radius 1 is 0.846 bits per heavy atom. The van der Waals surface area contributed by atoms with Gasteiger partial charge >= 0.3 is 5.97 Å². The van der Waals surface area contributed by atoms with Gasteiger partial charge in [-0.3, -0.25) is 9.59 Å². The van der Waals surface area contributed by atoms with E-state index in [1.807, 2.05) is 54.7 Å². The van der Waals surface area contributed by atoms with E-state index < -0.39 is 0 Å². The molecule has 0 spiro atoms. The molecule has 0 aliphatic rings. The van der Waals surface area contributed by atoms with Crippen molar-refractivity contribution in [3.8, 4) is 0 Å². The molecule has 0 bridgehead atoms. The van der Waals surface area contributed by atoms with Crippen LogP contribution in [-0.2, 0) is 16.0 Å². The summed E-state index contributed by atoms with van der Waals surface area (Å²) < 4.78 is 5.17. The smallest absolute Gasteiger partial charge is 0.306 e. The Morgan fingerprint density at radius 3 is 2.31 bits per heavy atom. The van der Waals surface area contributed by atoms with E-state index in [-0.39, 0.29) is 24.8 Å². The van der Waals surface area contributed by atoms with Crippen molar-refractivity contribution in [1.82, 2.24) is 9.97 Å². The highest BCUT2D eigenvalue weighted by Gasteiger charge is 2.14. The van der Waals surface area contributed by atoms with Gasteiger partial charge < -0.3 is 14.7 Å². The maximum absolute atomic E-state index is 12.3. The molecule has 0 aliphatic heterocycles. The number of esters is 1. The summed E-state index contributed by atoms with van der Waals surface area (Å²) in [7, 11) is 0. The van der Waals surface area contributed by atoms with Gasteiger partial charge in [-0.1, -0.05) is 36.4 Å². The Balaban J connectivity index is 1.34. The van der Waals surface area contributed by atoms with E-state index in [0.717, 1.165) is 27.4 Å². The van der Waals surface area contributed by atoms with Gasteiger partial charge in [-0.15, -0.1) is 0 Å². The van der Waals surface area contributed by atoms with Crippen molar-refractivity contribution in [1.29, 1.82) is 0 Å². The van der Waals surface area contributed by atoms with E-state index in [1.54, 1.807) is 6.20 Å². The highest BCUT2D eigenvalue weighted by molar-refractivity contribution is 6.08. The van der Waals surface area contributed by atoms with Crippen molar-refractivity contribution in [3.05, 3.63) is 72.1 Å². The second-order valence-electron chi connectivity index (χ2n) is 6.19. The molecule has 0 atom stereocenters. The first-order chi connectivity index (χ1) is 12.7. The molecule has 5 nitrogen and oxygen atoms in total. The molecule has 0 amide bonds. The summed E-state index contributed by atoms with van der Waals surface area (Å²) in [5.74, 6) is -0.577. The van der Waals surface area contributed by atoms with E-state index in [4.69, 9.17) is 4.74 Å². The molecule has 0 aliphatic carbocycles. The number of para-hydroxylation sites is 2. The molecule has 0 unspecified atom stereocenters. The first-order valence-electron chi connectivity index (χ1n) is 8.52. The van der Waals surface area contributed by atoms with Crippen LogP contribution in [0, 0.1) is 0 Å². The third kappa shape index (κ3) is 3.11. The van der Waals surface area contributed by atoms with E-state index >= 15 is 0 Å². The van der Waals surface area contributed by atoms with Crippen molar-refractivity contribution < 1.29 is 14.3 Å². The van der Waals surface area contributed by atoms with E-state index in [2.05, 4.69) is 9.97 Å². The number of rotatable bonds is 6. The monoisotopic (exact) mass is 346 g/mol. The number of ketones is 1. The van der Waals surface area contributed by atoms with Gasteiger partial charge in [-0.2, -0.15) is 0 Å². The summed E-state index contributed by atoms with van der Waals surface area (Å²) in [5.41, 5.74) is 3.55. The van der Waals surface area contributed by atoms with Crippen LogP contribution in [0.15, 0.2) is 60.9 Å². The van der Waals surface area contributed by atoms with E-state index in [9.17, 15) is 9.59 Å². The standard InChI is InChI=1S/C21H18N2O3/c24-20(17-12-23-19-8-4-2-6-16(17)19)13-26-21(25)10-9-14-11-22-18-7-3-1-5-15(14)18/h1-8,11-12,22-23H,9-10,13H2. The number of carbonyl (C=O) groups is 2. The number of Topliss-reactive ketones (excluding diaryl/α,β-unsaturated/α-hetero) is 1. The van der Waals surface area contributed by atoms with Crippen LogP contribution in [0.5, 0.6) is 0 Å². The normalized spacial score (nSPS) is 11.1. The number of carbonyl (C=O) groups excluding carboxylic acids is 2. The minimum Gasteiger partial charge on any atom is -0.457 e. The Bertz CT molecular complexity index is 1090. The fourth-order valence-electron chi connectivity index (χ4n) is 3.17. The molecule has 130 valence electrons. The molecule has 4 aromatic rings. The van der Waals surface area contributed by atoms with Gasteiger partial charge in [0.1, 0.15) is 0 Å². The average molecular weight is 346 g/mol. The molecule has 4 rings (SSSR count). The highest BCUT2D eigenvalue weighted by Crippen LogP contribution is 2.20. The summed E-state index contributed by atoms with van der Waals surface area (Å²) in [5, 5.41) is 1.95. The molecule has 0 saturated heterocycles. The Hall–Kier alpha value is -3.34. The SMILES string of the molecule is O=C(CCc1c[nH]c2ccccc12)OCC(=O)c1c[nH]c2ccccc12. The molecule has 2 N–H and O–H groups in total. The molecular weight excluding hydrogens is 328 g/mol. The number of fused-ring (bicyclic) bond motifs is 2. The Kier molecular flexibility index (Phi) is 4.27. The predicted molar refractivity (Wildman–Crippen MR) is 100 cm³/mol. The van der Waals surface area contributed by atoms with Gasteiger partial charge in [-0.05, 0) is 24.1 Å². The second-order valence-corrected chi connectivity index (χ2v) is 6.19. The molecule has 5 heteroatoms. The fourth-order valence-corrected chi connectivity index (χ4v) is 3.17. The average Bonchev–Trinajstić information content (AvgIpc) is 3.28. The first-order valence-corrected chi connectivity index (χ1v) is 8.52. The first kappa shape index (κ1) is 16.1. The van der Waals surface area contributed by atoms with Crippen molar-refractivity contribution >= 4 is 33.6 Å². The molecule has 2 aromatic carbocycles. The molecule has 0 saturated carbocycles. The lowest BCUT2D eigenvalue weighted by atomic mass is 10.1. The van der Waals surface area contributed by atoms with Crippen molar-refractivity contribution in [3.63, 3.8) is 0 Å². The Labute approximate surface area is 150 Å². The fraction of sp³-hybridized carbons (Fsp3) is 0.143. The number of nitrogens with one attached hydrogen (secondary N) is 2. The number of aromatic nitrogens is 2. The maximum atomic E-state index is 12.3. The van der Waals surface area contributed by atoms with Crippen LogP contribution in [0.25, 0.3) is 21.8 Å². The lowest BCUT2D eigenvalue weighted by Crippen LogP contribution is -2.14. The topological polar surface area (TPSA) is 75.0 Å². The van der Waals surface area contributed by atoms with Crippen LogP contribution in [0.4, 0.5) is 0 Å². The van der Waals surface area contributed by atoms with Gasteiger partial charge in [0.05, 0.1) is 0 Å². The van der Waals surface area contributed by atoms with Crippen LogP contribution in [0.3, 0.4) is 0 Å². The summed E-state index contributed by atoms with van der Waals surface area (Å²) in [6, 6.07) is 15.5. The van der Waals surface area contributed by atoms with Crippen LogP contribution >= 0.6 is 0 Å². The molecule has 2 heterocycles. The van der Waals surface area contributed by atoms with Crippen molar-refractivity contribution in [2.24, 2.45) is 0 Å². The molecule has 0 fully saturated rings. The molecule has 0 radical (unpaired) electrons. The molecular formula is C21H18N2O3. The van der Waals surface area contributed by atoms with Crippen molar-refractivity contribution in [2.75, 3.05) is 6.61 Å². The lowest BCUT2D eigenvalue weighted by Gasteiger charge is -2.04. The Morgan fingerprint density at radius 2 is 1.50 bits per heavy atom. The van der Waals surface area contributed by atoms with Gasteiger partial charge in [0.15, 0.2) is 6.61 Å². The zero-order valence-electron chi connectivity index (χ0n) is 14.1. The van der Waals surface area contributed by atoms with Crippen LogP contribution < -0.4 is 0 Å². The largest absolute Gasteiger partial charge is 0.457 e. The third-order valence-corrected chi connectivity index (χ3v) is 4.53. The number of benzene rings is 2. The highest BCUT2D eigenvalue weighted by atomic mass is 16.5. The zero-order valence-corrected chi connectivity index (χ0v) is 14.1. The van der Waals surface area contributed by atoms with E-state index in [0.29, 0.717) is 12.0 Å². The summed E-state index contributed by atoms with van der Waals surface area (Å²) in [4.78, 5) is 30.6. The number of aromatic amines is 2. The van der Waals surface area contributed by atoms with Gasteiger partial charge in [0.25, 0.3) is 0 Å². The number of H-pyrrole nitrogens is 2. The third-order valence-electron chi connectivity index (χ3n) is 4.53. The predicted octanol–water partition coefficient (Wildman–Crippen LogP) is 4.01. The summed E-state index contributed by atoms with van der Waals surface area (Å²) in [6.07, 6.45) is 4.38. The lowest BCUT2D eigenvalue weighted by molar-refractivity contribution is -0.142.